The molecule has 6 aromatic rings. The largest absolute Gasteiger partial charge is 0.478 e. The van der Waals surface area contributed by atoms with Crippen LogP contribution in [0.2, 0.25) is 10.3 Å². The van der Waals surface area contributed by atoms with Crippen molar-refractivity contribution in [2.45, 2.75) is 20.5 Å². The summed E-state index contributed by atoms with van der Waals surface area (Å²) in [7, 11) is 0. The predicted octanol–water partition coefficient (Wildman–Crippen LogP) is 6.14. The lowest BCUT2D eigenvalue weighted by molar-refractivity contribution is 0.0696. The molecule has 13 heteroatoms. The second kappa shape index (κ2) is 16.6. The number of anilines is 2. The van der Waals surface area contributed by atoms with Gasteiger partial charge in [-0.1, -0.05) is 54.9 Å². The van der Waals surface area contributed by atoms with Crippen LogP contribution in [0.25, 0.3) is 21.5 Å². The first kappa shape index (κ1) is 35.1. The fraction of sp³-hybridized carbons (Fsp3) is 0.0909. The van der Waals surface area contributed by atoms with Crippen LogP contribution < -0.4 is 22.5 Å². The number of hydrogen-bond acceptors (Lipinski definition) is 9. The zero-order valence-electron chi connectivity index (χ0n) is 23.7. The van der Waals surface area contributed by atoms with E-state index in [9.17, 15) is 9.59 Å². The van der Waals surface area contributed by atoms with E-state index in [2.05, 4.69) is 25.3 Å². The summed E-state index contributed by atoms with van der Waals surface area (Å²) in [5.41, 5.74) is 19.5. The first-order chi connectivity index (χ1) is 21.7. The number of benzene rings is 2. The normalized spacial score (nSPS) is 10.1. The molecule has 4 aromatic heterocycles. The van der Waals surface area contributed by atoms with Gasteiger partial charge in [0.25, 0.3) is 5.91 Å². The Morgan fingerprint density at radius 2 is 1.20 bits per heavy atom. The number of aromatic nitrogens is 4. The maximum absolute atomic E-state index is 12.1. The number of carbonyl (C=O) groups is 2. The maximum Gasteiger partial charge on any atom is 0.338 e. The molecule has 0 aliphatic carbocycles. The van der Waals surface area contributed by atoms with Crippen LogP contribution in [0.15, 0.2) is 97.6 Å². The smallest absolute Gasteiger partial charge is 0.338 e. The van der Waals surface area contributed by atoms with Gasteiger partial charge in [0.2, 0.25) is 0 Å². The third-order valence-electron chi connectivity index (χ3n) is 6.40. The molecule has 236 valence electrons. The lowest BCUT2D eigenvalue weighted by Crippen LogP contribution is -2.23. The van der Waals surface area contributed by atoms with Gasteiger partial charge in [0.05, 0.1) is 11.1 Å². The van der Waals surface area contributed by atoms with Crippen LogP contribution in [0.5, 0.6) is 0 Å². The number of nitrogens with zero attached hydrogens (tertiary/aromatic N) is 4. The molecule has 0 bridgehead atoms. The van der Waals surface area contributed by atoms with Crippen LogP contribution in [-0.4, -0.2) is 36.9 Å². The van der Waals surface area contributed by atoms with Gasteiger partial charge in [-0.3, -0.25) is 4.79 Å². The van der Waals surface area contributed by atoms with Gasteiger partial charge in [-0.05, 0) is 70.4 Å². The van der Waals surface area contributed by atoms with Gasteiger partial charge in [-0.15, -0.1) is 0 Å². The van der Waals surface area contributed by atoms with Gasteiger partial charge in [0, 0.05) is 48.6 Å². The molecule has 11 nitrogen and oxygen atoms in total. The van der Waals surface area contributed by atoms with Gasteiger partial charge in [0.15, 0.2) is 0 Å². The van der Waals surface area contributed by atoms with Crippen molar-refractivity contribution < 1.29 is 14.7 Å². The Labute approximate surface area is 275 Å². The molecule has 0 radical (unpaired) electrons. The summed E-state index contributed by atoms with van der Waals surface area (Å²) in [6.07, 6.45) is 6.35. The number of carboxylic acid groups (broad SMARTS) is 1. The van der Waals surface area contributed by atoms with E-state index in [1.807, 2.05) is 48.5 Å². The third kappa shape index (κ3) is 9.08. The highest BCUT2D eigenvalue weighted by Gasteiger charge is 2.10. The minimum atomic E-state index is -1.06. The molecule has 0 saturated heterocycles. The Morgan fingerprint density at radius 3 is 1.67 bits per heavy atom. The molecule has 0 aliphatic heterocycles. The summed E-state index contributed by atoms with van der Waals surface area (Å²) >= 11 is 11.3. The number of amides is 1. The van der Waals surface area contributed by atoms with Gasteiger partial charge < -0.3 is 27.6 Å². The van der Waals surface area contributed by atoms with Gasteiger partial charge >= 0.3 is 5.97 Å². The Kier molecular flexibility index (Phi) is 12.7. The molecule has 0 atom stereocenters. The lowest BCUT2D eigenvalue weighted by Gasteiger charge is -2.08. The Balaban J connectivity index is 0.000000204. The average Bonchev–Trinajstić information content (AvgIpc) is 3.04. The highest BCUT2D eigenvalue weighted by atomic mass is 35.5. The zero-order valence-corrected chi connectivity index (χ0v) is 25.2. The summed E-state index contributed by atoms with van der Waals surface area (Å²) in [6.45, 7) is 0.945. The van der Waals surface area contributed by atoms with E-state index < -0.39 is 5.97 Å². The Morgan fingerprint density at radius 1 is 0.696 bits per heavy atom. The molecule has 6 rings (SSSR count). The molecule has 0 aliphatic rings. The number of nitrogen functional groups attached to an aromatic ring is 2. The van der Waals surface area contributed by atoms with Crippen molar-refractivity contribution in [3.05, 3.63) is 130 Å². The summed E-state index contributed by atoms with van der Waals surface area (Å²) in [4.78, 5) is 37.9. The summed E-state index contributed by atoms with van der Waals surface area (Å²) in [5.74, 6) is -0.248. The van der Waals surface area contributed by atoms with Crippen molar-refractivity contribution in [2.24, 2.45) is 5.73 Å². The van der Waals surface area contributed by atoms with Crippen molar-refractivity contribution in [3.63, 3.8) is 0 Å². The minimum Gasteiger partial charge on any atom is -0.478 e. The van der Waals surface area contributed by atoms with E-state index in [1.54, 1.807) is 30.7 Å². The molecule has 0 spiro atoms. The number of carbonyl (C=O) groups excluding carboxylic acids is 1. The fourth-order valence-electron chi connectivity index (χ4n) is 4.12. The standard InChI is InChI=1S/C16H13ClN4O.C10H11N3.C6H4ClNO2.CH4/c17-14-13(2-1-6-19-14)16(22)21-9-10-3-4-12-11(8-10)5-7-20-15(12)18;11-6-7-1-2-9-8(5-7)3-4-13-10(9)12;7-5-4(6(9)10)2-1-3-8-5;/h1-8H,9H2,(H2,18,20)(H,21,22);1-5H,6,11H2,(H2,12,13);1-3H,(H,9,10);1H4. The monoisotopic (exact) mass is 658 g/mol. The van der Waals surface area contributed by atoms with Crippen molar-refractivity contribution in [2.75, 3.05) is 11.5 Å². The van der Waals surface area contributed by atoms with Gasteiger partial charge in [0.1, 0.15) is 21.9 Å². The number of pyridine rings is 4. The van der Waals surface area contributed by atoms with Crippen LogP contribution in [-0.2, 0) is 13.1 Å². The molecular formula is C33H32Cl2N8O3. The number of fused-ring (bicyclic) bond motifs is 2. The summed E-state index contributed by atoms with van der Waals surface area (Å²) in [6, 6.07) is 21.8. The van der Waals surface area contributed by atoms with Crippen molar-refractivity contribution in [1.29, 1.82) is 0 Å². The molecule has 0 fully saturated rings. The number of rotatable bonds is 5. The van der Waals surface area contributed by atoms with E-state index in [0.717, 1.165) is 32.7 Å². The minimum absolute atomic E-state index is 0. The molecule has 1 amide bonds. The third-order valence-corrected chi connectivity index (χ3v) is 7.00. The first-order valence-electron chi connectivity index (χ1n) is 13.4. The number of nitrogens with one attached hydrogen (secondary N) is 1. The van der Waals surface area contributed by atoms with Crippen LogP contribution >= 0.6 is 23.2 Å². The van der Waals surface area contributed by atoms with Crippen LogP contribution in [0.4, 0.5) is 11.6 Å². The highest BCUT2D eigenvalue weighted by Crippen LogP contribution is 2.21. The molecule has 4 heterocycles. The molecule has 2 aromatic carbocycles. The van der Waals surface area contributed by atoms with Gasteiger partial charge in [-0.25, -0.2) is 24.7 Å². The molecule has 0 unspecified atom stereocenters. The van der Waals surface area contributed by atoms with E-state index in [1.165, 1.54) is 18.3 Å². The highest BCUT2D eigenvalue weighted by molar-refractivity contribution is 6.32. The predicted molar refractivity (Wildman–Crippen MR) is 184 cm³/mol. The van der Waals surface area contributed by atoms with Crippen LogP contribution in [0.3, 0.4) is 0 Å². The van der Waals surface area contributed by atoms with Crippen molar-refractivity contribution in [1.82, 2.24) is 25.3 Å². The van der Waals surface area contributed by atoms with Crippen molar-refractivity contribution >= 4 is 68.3 Å². The quantitative estimate of drug-likeness (QED) is 0.134. The molecule has 8 N–H and O–H groups in total. The topological polar surface area (TPSA) is 196 Å². The molecular weight excluding hydrogens is 627 g/mol. The summed E-state index contributed by atoms with van der Waals surface area (Å²) in [5, 5.41) is 15.4. The summed E-state index contributed by atoms with van der Waals surface area (Å²) < 4.78 is 0. The number of hydrogen-bond donors (Lipinski definition) is 5. The van der Waals surface area contributed by atoms with E-state index >= 15 is 0 Å². The second-order valence-electron chi connectivity index (χ2n) is 9.38. The Bertz CT molecular complexity index is 1970. The zero-order chi connectivity index (χ0) is 32.3. The van der Waals surface area contributed by atoms with E-state index in [0.29, 0.717) is 30.3 Å². The number of halogens is 2. The fourth-order valence-corrected chi connectivity index (χ4v) is 4.52. The first-order valence-corrected chi connectivity index (χ1v) is 14.1. The molecule has 0 saturated carbocycles. The second-order valence-corrected chi connectivity index (χ2v) is 10.1. The van der Waals surface area contributed by atoms with E-state index in [-0.39, 0.29) is 29.2 Å². The van der Waals surface area contributed by atoms with E-state index in [4.69, 9.17) is 45.5 Å². The van der Waals surface area contributed by atoms with Crippen molar-refractivity contribution in [3.8, 4) is 0 Å². The van der Waals surface area contributed by atoms with Gasteiger partial charge in [-0.2, -0.15) is 0 Å². The van der Waals surface area contributed by atoms with Crippen LogP contribution in [0, 0.1) is 0 Å². The van der Waals surface area contributed by atoms with Crippen LogP contribution in [0.1, 0.15) is 39.3 Å². The maximum atomic E-state index is 12.1. The number of carboxylic acids is 1. The number of aromatic carboxylic acids is 1. The number of nitrogens with two attached hydrogens (primary N) is 3. The Hall–Kier alpha value is -5.36. The SMILES string of the molecule is C.NCc1ccc2c(N)nccc2c1.Nc1nccc2cc(CNC(=O)c3cccnc3Cl)ccc12.O=C(O)c1cccnc1Cl. The molecule has 46 heavy (non-hydrogen) atoms. The lowest BCUT2D eigenvalue weighted by atomic mass is 10.1. The average molecular weight is 660 g/mol.